The summed E-state index contributed by atoms with van der Waals surface area (Å²) >= 11 is 0. The number of hydrogen-bond acceptors (Lipinski definition) is 3. The lowest BCUT2D eigenvalue weighted by Crippen LogP contribution is -2.29. The van der Waals surface area contributed by atoms with Crippen molar-refractivity contribution in [3.63, 3.8) is 0 Å². The normalized spacial score (nSPS) is 21.3. The lowest BCUT2D eigenvalue weighted by atomic mass is 10.0. The molecule has 0 bridgehead atoms. The molecular weight excluding hydrogens is 298 g/mol. The van der Waals surface area contributed by atoms with Crippen LogP contribution in [-0.4, -0.2) is 24.8 Å². The summed E-state index contributed by atoms with van der Waals surface area (Å²) in [6, 6.07) is 16.2. The first-order chi connectivity index (χ1) is 10.5. The summed E-state index contributed by atoms with van der Waals surface area (Å²) in [6.45, 7) is 3.78. The summed E-state index contributed by atoms with van der Waals surface area (Å²) in [7, 11) is -3.59. The molecule has 5 heteroatoms. The fourth-order valence-electron chi connectivity index (χ4n) is 2.58. The Bertz CT molecular complexity index is 796. The molecule has 1 heterocycles. The Morgan fingerprint density at radius 1 is 1.00 bits per heavy atom. The van der Waals surface area contributed by atoms with Crippen LogP contribution in [-0.2, 0) is 14.8 Å². The topological polar surface area (TPSA) is 46.4 Å². The van der Waals surface area contributed by atoms with Crippen LogP contribution in [0.15, 0.2) is 59.5 Å². The maximum atomic E-state index is 12.7. The summed E-state index contributed by atoms with van der Waals surface area (Å²) in [5, 5.41) is 0. The van der Waals surface area contributed by atoms with Gasteiger partial charge in [-0.1, -0.05) is 52.0 Å². The summed E-state index contributed by atoms with van der Waals surface area (Å²) in [5.74, 6) is 0. The molecule has 3 rings (SSSR count). The van der Waals surface area contributed by atoms with Gasteiger partial charge in [-0.2, -0.15) is 8.42 Å². The van der Waals surface area contributed by atoms with Crippen molar-refractivity contribution in [2.45, 2.75) is 30.9 Å². The Morgan fingerprint density at radius 3 is 2.27 bits per heavy atom. The molecule has 0 amide bonds. The van der Waals surface area contributed by atoms with Crippen molar-refractivity contribution in [2.75, 3.05) is 0 Å². The van der Waals surface area contributed by atoms with E-state index in [1.807, 2.05) is 44.2 Å². The predicted molar refractivity (Wildman–Crippen MR) is 84.4 cm³/mol. The van der Waals surface area contributed by atoms with E-state index in [9.17, 15) is 8.42 Å². The van der Waals surface area contributed by atoms with Gasteiger partial charge in [-0.3, -0.25) is 0 Å². The maximum Gasteiger partial charge on any atom is 0.397 e. The molecule has 1 aliphatic rings. The number of rotatable bonds is 3. The molecule has 4 nitrogen and oxygen atoms in total. The number of aryl methyl sites for hydroxylation is 1. The van der Waals surface area contributed by atoms with E-state index in [0.717, 1.165) is 11.1 Å². The molecule has 0 aliphatic carbocycles. The van der Waals surface area contributed by atoms with Gasteiger partial charge in [0.15, 0.2) is 6.10 Å². The van der Waals surface area contributed by atoms with E-state index in [1.165, 1.54) is 10.4 Å². The Morgan fingerprint density at radius 2 is 1.64 bits per heavy atom. The molecule has 0 spiro atoms. The van der Waals surface area contributed by atoms with Crippen LogP contribution in [0.5, 0.6) is 0 Å². The van der Waals surface area contributed by atoms with Crippen molar-refractivity contribution in [3.05, 3.63) is 65.7 Å². The van der Waals surface area contributed by atoms with Crippen molar-refractivity contribution >= 4 is 16.4 Å². The first-order valence-electron chi connectivity index (χ1n) is 7.14. The van der Waals surface area contributed by atoms with E-state index in [4.69, 9.17) is 4.74 Å². The Balaban J connectivity index is 1.91. The number of nitrogens with zero attached hydrogens (tertiary/aromatic N) is 1. The molecule has 2 aromatic carbocycles. The van der Waals surface area contributed by atoms with Crippen LogP contribution in [0.3, 0.4) is 0 Å². The molecule has 114 valence electrons. The molecule has 0 N–H and O–H groups in total. The summed E-state index contributed by atoms with van der Waals surface area (Å²) in [4.78, 5) is 0.276. The van der Waals surface area contributed by atoms with Gasteiger partial charge in [0, 0.05) is 6.92 Å². The number of hydrogen-bond donors (Lipinski definition) is 0. The quantitative estimate of drug-likeness (QED) is 0.818. The molecule has 0 unspecified atom stereocenters. The SMILES string of the molecule is Cc1ccc(S(=O)(=O)[N+]2=CO[C@H](c3ccccc3)[C@H]2C)cc1. The molecule has 22 heavy (non-hydrogen) atoms. The first kappa shape index (κ1) is 14.8. The van der Waals surface area contributed by atoms with Gasteiger partial charge in [-0.25, -0.2) is 0 Å². The minimum atomic E-state index is -3.59. The standard InChI is InChI=1S/C17H18NO3S/c1-13-8-10-16(11-9-13)22(19,20)18-12-21-17(14(18)2)15-6-4-3-5-7-15/h3-12,14,17H,1-2H3/q+1/t14-,17+/m1/s1. The molecule has 0 aromatic heterocycles. The highest BCUT2D eigenvalue weighted by atomic mass is 32.2. The van der Waals surface area contributed by atoms with Crippen LogP contribution in [0.1, 0.15) is 24.2 Å². The Hall–Kier alpha value is -2.14. The Labute approximate surface area is 130 Å². The molecule has 0 fully saturated rings. The van der Waals surface area contributed by atoms with Crippen molar-refractivity contribution in [3.8, 4) is 0 Å². The minimum Gasteiger partial charge on any atom is -0.434 e. The van der Waals surface area contributed by atoms with Gasteiger partial charge >= 0.3 is 16.4 Å². The van der Waals surface area contributed by atoms with E-state index < -0.39 is 10.0 Å². The second kappa shape index (κ2) is 5.57. The zero-order chi connectivity index (χ0) is 15.7. The monoisotopic (exact) mass is 316 g/mol. The van der Waals surface area contributed by atoms with Crippen LogP contribution < -0.4 is 0 Å². The van der Waals surface area contributed by atoms with Gasteiger partial charge in [-0.15, -0.1) is 0 Å². The Kier molecular flexibility index (Phi) is 3.74. The van der Waals surface area contributed by atoms with Crippen molar-refractivity contribution in [1.82, 2.24) is 0 Å². The van der Waals surface area contributed by atoms with Gasteiger partial charge in [0.2, 0.25) is 6.04 Å². The third kappa shape index (κ3) is 2.52. The molecule has 0 saturated heterocycles. The third-order valence-corrected chi connectivity index (χ3v) is 5.72. The van der Waals surface area contributed by atoms with E-state index in [1.54, 1.807) is 24.3 Å². The van der Waals surface area contributed by atoms with Crippen molar-refractivity contribution < 1.29 is 17.1 Å². The average Bonchev–Trinajstić information content (AvgIpc) is 2.91. The number of sulfonamides is 1. The molecule has 0 radical (unpaired) electrons. The summed E-state index contributed by atoms with van der Waals surface area (Å²) in [6.07, 6.45) is 1.03. The van der Waals surface area contributed by atoms with Gasteiger partial charge in [0.1, 0.15) is 4.90 Å². The minimum absolute atomic E-state index is 0.276. The smallest absolute Gasteiger partial charge is 0.397 e. The van der Waals surface area contributed by atoms with Gasteiger partial charge in [0.25, 0.3) is 0 Å². The molecule has 1 aliphatic heterocycles. The summed E-state index contributed by atoms with van der Waals surface area (Å²) < 4.78 is 32.4. The van der Waals surface area contributed by atoms with E-state index in [2.05, 4.69) is 0 Å². The second-order valence-electron chi connectivity index (χ2n) is 5.46. The van der Waals surface area contributed by atoms with Crippen LogP contribution >= 0.6 is 0 Å². The van der Waals surface area contributed by atoms with E-state index >= 15 is 0 Å². The van der Waals surface area contributed by atoms with Gasteiger partial charge in [-0.05, 0) is 24.6 Å². The van der Waals surface area contributed by atoms with Gasteiger partial charge < -0.3 is 4.74 Å². The zero-order valence-electron chi connectivity index (χ0n) is 12.5. The second-order valence-corrected chi connectivity index (χ2v) is 7.30. The zero-order valence-corrected chi connectivity index (χ0v) is 13.3. The van der Waals surface area contributed by atoms with Crippen molar-refractivity contribution in [2.24, 2.45) is 0 Å². The lowest BCUT2D eigenvalue weighted by Gasteiger charge is -2.12. The third-order valence-electron chi connectivity index (χ3n) is 3.88. The predicted octanol–water partition coefficient (Wildman–Crippen LogP) is 2.88. The molecule has 2 atom stereocenters. The van der Waals surface area contributed by atoms with Crippen LogP contribution in [0.4, 0.5) is 0 Å². The highest BCUT2D eigenvalue weighted by Crippen LogP contribution is 2.29. The fraction of sp³-hybridized carbons (Fsp3) is 0.235. The molecular formula is C17H18NO3S+. The first-order valence-corrected chi connectivity index (χ1v) is 8.58. The van der Waals surface area contributed by atoms with Crippen LogP contribution in [0.2, 0.25) is 0 Å². The van der Waals surface area contributed by atoms with Crippen molar-refractivity contribution in [1.29, 1.82) is 0 Å². The highest BCUT2D eigenvalue weighted by Gasteiger charge is 2.43. The largest absolute Gasteiger partial charge is 0.434 e. The fourth-order valence-corrected chi connectivity index (χ4v) is 4.01. The number of benzene rings is 2. The molecule has 2 aromatic rings. The van der Waals surface area contributed by atoms with E-state index in [0.29, 0.717) is 0 Å². The van der Waals surface area contributed by atoms with Crippen LogP contribution in [0.25, 0.3) is 0 Å². The number of ether oxygens (including phenoxy) is 1. The summed E-state index contributed by atoms with van der Waals surface area (Å²) in [5.41, 5.74) is 1.99. The van der Waals surface area contributed by atoms with Crippen LogP contribution in [0, 0.1) is 6.92 Å². The maximum absolute atomic E-state index is 12.7. The molecule has 0 saturated carbocycles. The average molecular weight is 316 g/mol. The lowest BCUT2D eigenvalue weighted by molar-refractivity contribution is -0.399. The highest BCUT2D eigenvalue weighted by molar-refractivity contribution is 7.85. The van der Waals surface area contributed by atoms with E-state index in [-0.39, 0.29) is 17.0 Å². The van der Waals surface area contributed by atoms with Gasteiger partial charge in [0.05, 0.1) is 0 Å².